The Hall–Kier alpha value is -2.22. The lowest BCUT2D eigenvalue weighted by Gasteiger charge is -2.31. The van der Waals surface area contributed by atoms with Crippen LogP contribution < -0.4 is 10.1 Å². The Morgan fingerprint density at radius 2 is 1.88 bits per heavy atom. The van der Waals surface area contributed by atoms with Crippen LogP contribution in [0.5, 0.6) is 5.75 Å². The molecule has 0 aromatic heterocycles. The van der Waals surface area contributed by atoms with Crippen molar-refractivity contribution >= 4 is 63.3 Å². The fourth-order valence-electron chi connectivity index (χ4n) is 3.12. The predicted molar refractivity (Wildman–Crippen MR) is 132 cm³/mol. The van der Waals surface area contributed by atoms with Crippen molar-refractivity contribution in [2.45, 2.75) is 38.4 Å². The number of aliphatic imine (C=N–C) groups is 1. The lowest BCUT2D eigenvalue weighted by molar-refractivity contribution is -0.129. The fraction of sp³-hybridized carbons (Fsp3) is 0.348. The van der Waals surface area contributed by atoms with Crippen LogP contribution >= 0.6 is 35.0 Å². The molecule has 2 aromatic carbocycles. The highest BCUT2D eigenvalue weighted by Gasteiger charge is 2.35. The second kappa shape index (κ2) is 11.6. The number of amides is 2. The van der Waals surface area contributed by atoms with Crippen LogP contribution in [-0.2, 0) is 9.59 Å². The van der Waals surface area contributed by atoms with Gasteiger partial charge in [-0.25, -0.2) is 4.99 Å². The Bertz CT molecular complexity index is 978. The average molecular weight is 494 g/mol. The van der Waals surface area contributed by atoms with E-state index in [0.29, 0.717) is 39.7 Å². The van der Waals surface area contributed by atoms with Gasteiger partial charge in [0.2, 0.25) is 11.8 Å². The number of carbonyl (C=O) groups excluding carboxylic acids is 2. The number of benzene rings is 2. The maximum Gasteiger partial charge on any atom is 0.238 e. The minimum atomic E-state index is -0.597. The highest BCUT2D eigenvalue weighted by atomic mass is 35.5. The second-order valence-electron chi connectivity index (χ2n) is 7.18. The number of nitrogens with zero attached hydrogens (tertiary/aromatic N) is 2. The zero-order chi connectivity index (χ0) is 23.1. The van der Waals surface area contributed by atoms with Crippen molar-refractivity contribution in [3.8, 4) is 5.75 Å². The monoisotopic (exact) mass is 493 g/mol. The van der Waals surface area contributed by atoms with E-state index in [2.05, 4.69) is 17.2 Å². The molecule has 0 spiro atoms. The van der Waals surface area contributed by atoms with E-state index in [0.717, 1.165) is 18.6 Å². The summed E-state index contributed by atoms with van der Waals surface area (Å²) in [6.07, 6.45) is 1.88. The Kier molecular flexibility index (Phi) is 8.84. The molecule has 1 N–H and O–H groups in total. The molecule has 2 aromatic rings. The molecule has 0 saturated carbocycles. The summed E-state index contributed by atoms with van der Waals surface area (Å²) in [6, 6.07) is 12.1. The molecule has 170 valence electrons. The zero-order valence-electron chi connectivity index (χ0n) is 17.9. The van der Waals surface area contributed by atoms with Crippen molar-refractivity contribution in [1.29, 1.82) is 0 Å². The summed E-state index contributed by atoms with van der Waals surface area (Å²) in [5.74, 6) is 0.351. The van der Waals surface area contributed by atoms with E-state index in [1.54, 1.807) is 47.4 Å². The van der Waals surface area contributed by atoms with Crippen LogP contribution in [0.3, 0.4) is 0 Å². The van der Waals surface area contributed by atoms with Crippen LogP contribution in [-0.4, -0.2) is 40.3 Å². The molecular formula is C23H25Cl2N3O3S. The van der Waals surface area contributed by atoms with Gasteiger partial charge in [0, 0.05) is 28.7 Å². The van der Waals surface area contributed by atoms with Crippen LogP contribution in [0.4, 0.5) is 11.4 Å². The van der Waals surface area contributed by atoms with Gasteiger partial charge in [-0.05, 0) is 55.8 Å². The lowest BCUT2D eigenvalue weighted by atomic mass is 10.2. The first-order chi connectivity index (χ1) is 15.4. The maximum absolute atomic E-state index is 12.9. The first kappa shape index (κ1) is 24.4. The molecule has 3 rings (SSSR count). The van der Waals surface area contributed by atoms with E-state index in [1.165, 1.54) is 11.8 Å². The first-order valence-corrected chi connectivity index (χ1v) is 12.1. The number of carbonyl (C=O) groups is 2. The number of anilines is 1. The molecular weight excluding hydrogens is 469 g/mol. The van der Waals surface area contributed by atoms with Gasteiger partial charge < -0.3 is 10.1 Å². The largest absolute Gasteiger partial charge is 0.494 e. The molecule has 1 aliphatic heterocycles. The molecule has 1 atom stereocenters. The van der Waals surface area contributed by atoms with Gasteiger partial charge in [0.1, 0.15) is 11.0 Å². The van der Waals surface area contributed by atoms with Gasteiger partial charge in [0.25, 0.3) is 0 Å². The third-order valence-corrected chi connectivity index (χ3v) is 6.30. The van der Waals surface area contributed by atoms with Crippen molar-refractivity contribution in [2.24, 2.45) is 4.99 Å². The van der Waals surface area contributed by atoms with Crippen molar-refractivity contribution in [2.75, 3.05) is 18.5 Å². The zero-order valence-corrected chi connectivity index (χ0v) is 20.3. The highest BCUT2D eigenvalue weighted by Crippen LogP contribution is 2.32. The predicted octanol–water partition coefficient (Wildman–Crippen LogP) is 6.15. The first-order valence-electron chi connectivity index (χ1n) is 10.4. The van der Waals surface area contributed by atoms with Crippen LogP contribution in [0.1, 0.15) is 33.1 Å². The van der Waals surface area contributed by atoms with Crippen LogP contribution in [0.2, 0.25) is 10.0 Å². The van der Waals surface area contributed by atoms with E-state index in [9.17, 15) is 9.59 Å². The Balaban J connectivity index is 1.80. The van der Waals surface area contributed by atoms with Crippen LogP contribution in [0.25, 0.3) is 0 Å². The molecule has 1 aliphatic rings. The summed E-state index contributed by atoms with van der Waals surface area (Å²) in [4.78, 5) is 32.1. The molecule has 0 radical (unpaired) electrons. The number of ether oxygens (including phenoxy) is 1. The van der Waals surface area contributed by atoms with Crippen molar-refractivity contribution < 1.29 is 14.3 Å². The highest BCUT2D eigenvalue weighted by molar-refractivity contribution is 8.15. The number of hydrogen-bond acceptors (Lipinski definition) is 5. The molecule has 1 heterocycles. The number of amidine groups is 1. The summed E-state index contributed by atoms with van der Waals surface area (Å²) in [6.45, 7) is 5.08. The van der Waals surface area contributed by atoms with Gasteiger partial charge in [0.15, 0.2) is 5.17 Å². The van der Waals surface area contributed by atoms with Gasteiger partial charge in [0.05, 0.1) is 12.3 Å². The van der Waals surface area contributed by atoms with E-state index in [1.807, 2.05) is 6.92 Å². The van der Waals surface area contributed by atoms with Crippen molar-refractivity contribution in [3.63, 3.8) is 0 Å². The summed E-state index contributed by atoms with van der Waals surface area (Å²) in [5.41, 5.74) is 1.17. The van der Waals surface area contributed by atoms with Crippen LogP contribution in [0, 0.1) is 0 Å². The average Bonchev–Trinajstić information content (AvgIpc) is 2.74. The van der Waals surface area contributed by atoms with Crippen LogP contribution in [0.15, 0.2) is 47.5 Å². The lowest BCUT2D eigenvalue weighted by Crippen LogP contribution is -2.45. The fourth-order valence-corrected chi connectivity index (χ4v) is 4.76. The number of thioether (sulfide) groups is 1. The molecule has 2 amide bonds. The van der Waals surface area contributed by atoms with Gasteiger partial charge in [-0.3, -0.25) is 14.5 Å². The van der Waals surface area contributed by atoms with E-state index < -0.39 is 5.25 Å². The Labute approximate surface area is 202 Å². The SMILES string of the molecule is CCCCN1C(=O)C[C@@H](C(=O)Nc2ccc(OCC)cc2)SC1=Nc1cc(Cl)cc(Cl)c1. The van der Waals surface area contributed by atoms with Crippen molar-refractivity contribution in [3.05, 3.63) is 52.5 Å². The van der Waals surface area contributed by atoms with Gasteiger partial charge >= 0.3 is 0 Å². The van der Waals surface area contributed by atoms with Gasteiger partial charge in [-0.15, -0.1) is 0 Å². The Morgan fingerprint density at radius 3 is 2.50 bits per heavy atom. The number of halogens is 2. The van der Waals surface area contributed by atoms with Gasteiger partial charge in [-0.2, -0.15) is 0 Å². The molecule has 32 heavy (non-hydrogen) atoms. The minimum absolute atomic E-state index is 0.104. The standard InChI is InChI=1S/C23H25Cl2N3O3S/c1-3-5-10-28-21(29)14-20(22(30)26-17-6-8-19(9-7-17)31-4-2)32-23(28)27-18-12-15(24)11-16(25)13-18/h6-9,11-13,20H,3-5,10,14H2,1-2H3,(H,26,30)/t20-/m0/s1. The van der Waals surface area contributed by atoms with E-state index in [-0.39, 0.29) is 18.2 Å². The molecule has 1 fully saturated rings. The summed E-state index contributed by atoms with van der Waals surface area (Å²) < 4.78 is 5.43. The Morgan fingerprint density at radius 1 is 1.19 bits per heavy atom. The second-order valence-corrected chi connectivity index (χ2v) is 9.22. The molecule has 0 unspecified atom stereocenters. The summed E-state index contributed by atoms with van der Waals surface area (Å²) in [5, 5.41) is 3.66. The third kappa shape index (κ3) is 6.64. The smallest absolute Gasteiger partial charge is 0.238 e. The number of unbranched alkanes of at least 4 members (excludes halogenated alkanes) is 1. The molecule has 6 nitrogen and oxygen atoms in total. The number of nitrogens with one attached hydrogen (secondary N) is 1. The topological polar surface area (TPSA) is 71.0 Å². The van der Waals surface area contributed by atoms with E-state index >= 15 is 0 Å². The maximum atomic E-state index is 12.9. The molecule has 1 saturated heterocycles. The molecule has 0 aliphatic carbocycles. The summed E-state index contributed by atoms with van der Waals surface area (Å²) >= 11 is 13.5. The van der Waals surface area contributed by atoms with E-state index in [4.69, 9.17) is 27.9 Å². The van der Waals surface area contributed by atoms with Crippen molar-refractivity contribution in [1.82, 2.24) is 4.90 Å². The quantitative estimate of drug-likeness (QED) is 0.478. The third-order valence-electron chi connectivity index (χ3n) is 4.67. The summed E-state index contributed by atoms with van der Waals surface area (Å²) in [7, 11) is 0. The number of rotatable bonds is 8. The van der Waals surface area contributed by atoms with Gasteiger partial charge in [-0.1, -0.05) is 48.3 Å². The normalized spacial score (nSPS) is 17.5. The number of hydrogen-bond donors (Lipinski definition) is 1. The molecule has 0 bridgehead atoms. The molecule has 9 heteroatoms. The minimum Gasteiger partial charge on any atom is -0.494 e.